The summed E-state index contributed by atoms with van der Waals surface area (Å²) in [5.74, 6) is -2.04. The zero-order valence-corrected chi connectivity index (χ0v) is 15.4. The first-order valence-electron chi connectivity index (χ1n) is 6.72. The fourth-order valence-corrected chi connectivity index (χ4v) is 3.49. The molecule has 3 rings (SSSR count). The third kappa shape index (κ3) is 2.68. The zero-order valence-electron chi connectivity index (χ0n) is 12.4. The molecule has 9 heteroatoms. The maximum absolute atomic E-state index is 12.7. The summed E-state index contributed by atoms with van der Waals surface area (Å²) >= 11 is 24.1. The minimum absolute atomic E-state index is 0.113. The van der Waals surface area contributed by atoms with Gasteiger partial charge in [-0.15, -0.1) is 0 Å². The quantitative estimate of drug-likeness (QED) is 0.301. The highest BCUT2D eigenvalue weighted by atomic mass is 35.5. The molecule has 0 unspecified atom stereocenters. The van der Waals surface area contributed by atoms with Gasteiger partial charge in [-0.1, -0.05) is 52.5 Å². The summed E-state index contributed by atoms with van der Waals surface area (Å²) in [7, 11) is 1.22. The van der Waals surface area contributed by atoms with Gasteiger partial charge in [0, 0.05) is 0 Å². The van der Waals surface area contributed by atoms with Gasteiger partial charge in [-0.25, -0.2) is 9.69 Å². The number of anilines is 1. The van der Waals surface area contributed by atoms with E-state index in [0.29, 0.717) is 0 Å². The molecule has 25 heavy (non-hydrogen) atoms. The van der Waals surface area contributed by atoms with Gasteiger partial charge in [-0.2, -0.15) is 0 Å². The predicted octanol–water partition coefficient (Wildman–Crippen LogP) is 4.89. The molecule has 0 saturated heterocycles. The molecule has 128 valence electrons. The molecule has 1 heterocycles. The first kappa shape index (κ1) is 18.0. The second-order valence-corrected chi connectivity index (χ2v) is 6.51. The first-order chi connectivity index (χ1) is 11.8. The van der Waals surface area contributed by atoms with E-state index in [2.05, 4.69) is 4.74 Å². The van der Waals surface area contributed by atoms with Gasteiger partial charge < -0.3 is 4.74 Å². The van der Waals surface area contributed by atoms with Crippen LogP contribution >= 0.6 is 46.4 Å². The van der Waals surface area contributed by atoms with Crippen LogP contribution in [-0.2, 0) is 4.74 Å². The number of nitrogens with zero attached hydrogens (tertiary/aromatic N) is 1. The highest BCUT2D eigenvalue weighted by Crippen LogP contribution is 2.45. The fraction of sp³-hybridized carbons (Fsp3) is 0.0625. The lowest BCUT2D eigenvalue weighted by molar-refractivity contribution is 0.0600. The zero-order chi connectivity index (χ0) is 18.5. The van der Waals surface area contributed by atoms with Crippen molar-refractivity contribution >= 4 is 69.9 Å². The topological polar surface area (TPSA) is 63.7 Å². The second-order valence-electron chi connectivity index (χ2n) is 4.99. The Morgan fingerprint density at radius 1 is 0.920 bits per heavy atom. The Bertz CT molecular complexity index is 911. The maximum atomic E-state index is 12.7. The molecule has 5 nitrogen and oxygen atoms in total. The Morgan fingerprint density at radius 2 is 1.44 bits per heavy atom. The van der Waals surface area contributed by atoms with E-state index in [9.17, 15) is 14.4 Å². The molecule has 0 N–H and O–H groups in total. The molecule has 0 spiro atoms. The average molecular weight is 419 g/mol. The van der Waals surface area contributed by atoms with Gasteiger partial charge in [0.1, 0.15) is 0 Å². The number of carbonyl (C=O) groups excluding carboxylic acids is 3. The van der Waals surface area contributed by atoms with Gasteiger partial charge in [0.25, 0.3) is 11.8 Å². The summed E-state index contributed by atoms with van der Waals surface area (Å²) in [4.78, 5) is 38.0. The van der Waals surface area contributed by atoms with Crippen molar-refractivity contribution in [2.24, 2.45) is 0 Å². The molecule has 1 aliphatic rings. The number of hydrogen-bond acceptors (Lipinski definition) is 4. The number of carbonyl (C=O) groups is 3. The first-order valence-corrected chi connectivity index (χ1v) is 8.23. The maximum Gasteiger partial charge on any atom is 0.337 e. The van der Waals surface area contributed by atoms with Gasteiger partial charge in [0.05, 0.1) is 49.6 Å². The third-order valence-electron chi connectivity index (χ3n) is 3.63. The number of benzene rings is 2. The molecular weight excluding hydrogens is 412 g/mol. The van der Waals surface area contributed by atoms with E-state index in [1.165, 1.54) is 31.4 Å². The summed E-state index contributed by atoms with van der Waals surface area (Å²) in [6.45, 7) is 0. The molecule has 2 aromatic rings. The van der Waals surface area contributed by atoms with Crippen molar-refractivity contribution in [1.82, 2.24) is 0 Å². The van der Waals surface area contributed by atoms with Gasteiger partial charge in [-0.05, 0) is 18.2 Å². The van der Waals surface area contributed by atoms with E-state index in [1.54, 1.807) is 0 Å². The van der Waals surface area contributed by atoms with Crippen LogP contribution < -0.4 is 4.90 Å². The number of fused-ring (bicyclic) bond motifs is 1. The molecular formula is C16H7Cl4NO4. The monoisotopic (exact) mass is 417 g/mol. The van der Waals surface area contributed by atoms with Crippen LogP contribution in [0.1, 0.15) is 31.1 Å². The standard InChI is InChI=1S/C16H7Cl4NO4/c1-25-16(24)6-3-2-4-7(5-6)21-14(22)8-9(15(21)23)11(18)13(20)12(19)10(8)17/h2-5H,1H3. The average Bonchev–Trinajstić information content (AvgIpc) is 2.88. The molecule has 0 radical (unpaired) electrons. The van der Waals surface area contributed by atoms with Crippen molar-refractivity contribution in [3.63, 3.8) is 0 Å². The second kappa shape index (κ2) is 6.50. The summed E-state index contributed by atoms with van der Waals surface area (Å²) in [5, 5.41) is -0.538. The highest BCUT2D eigenvalue weighted by molar-refractivity contribution is 6.56. The van der Waals surface area contributed by atoms with E-state index in [-0.39, 0.29) is 42.5 Å². The van der Waals surface area contributed by atoms with Crippen LogP contribution in [0.5, 0.6) is 0 Å². The minimum atomic E-state index is -0.715. The molecule has 2 amide bonds. The molecule has 0 aromatic heterocycles. The highest BCUT2D eigenvalue weighted by Gasteiger charge is 2.42. The normalized spacial score (nSPS) is 13.2. The lowest BCUT2D eigenvalue weighted by Gasteiger charge is -2.14. The Morgan fingerprint density at radius 3 is 1.92 bits per heavy atom. The number of amides is 2. The van der Waals surface area contributed by atoms with E-state index in [4.69, 9.17) is 46.4 Å². The van der Waals surface area contributed by atoms with E-state index in [1.807, 2.05) is 0 Å². The number of methoxy groups -OCH3 is 1. The third-order valence-corrected chi connectivity index (χ3v) is 5.43. The molecule has 0 atom stereocenters. The summed E-state index contributed by atoms with van der Waals surface area (Å²) in [6, 6.07) is 5.83. The fourth-order valence-electron chi connectivity index (χ4n) is 2.47. The van der Waals surface area contributed by atoms with Crippen molar-refractivity contribution in [1.29, 1.82) is 0 Å². The largest absolute Gasteiger partial charge is 0.465 e. The Hall–Kier alpha value is -1.79. The number of ether oxygens (including phenoxy) is 1. The summed E-state index contributed by atoms with van der Waals surface area (Å²) in [5.41, 5.74) is 0.0716. The van der Waals surface area contributed by atoms with Gasteiger partial charge in [-0.3, -0.25) is 9.59 Å². The Balaban J connectivity index is 2.18. The van der Waals surface area contributed by atoms with Crippen molar-refractivity contribution in [3.8, 4) is 0 Å². The van der Waals surface area contributed by atoms with Crippen molar-refractivity contribution in [2.75, 3.05) is 12.0 Å². The van der Waals surface area contributed by atoms with E-state index in [0.717, 1.165) is 4.90 Å². The van der Waals surface area contributed by atoms with Crippen LogP contribution in [0, 0.1) is 0 Å². The van der Waals surface area contributed by atoms with Crippen LogP contribution in [0.3, 0.4) is 0 Å². The molecule has 0 aliphatic carbocycles. The Labute approximate surface area is 162 Å². The predicted molar refractivity (Wildman–Crippen MR) is 95.4 cm³/mol. The molecule has 2 aromatic carbocycles. The lowest BCUT2D eigenvalue weighted by Crippen LogP contribution is -2.29. The van der Waals surface area contributed by atoms with Crippen LogP contribution in [0.4, 0.5) is 5.69 Å². The number of esters is 1. The van der Waals surface area contributed by atoms with Crippen LogP contribution in [0.25, 0.3) is 0 Å². The number of halogens is 4. The number of hydrogen-bond donors (Lipinski definition) is 0. The van der Waals surface area contributed by atoms with Crippen molar-refractivity contribution in [3.05, 3.63) is 61.0 Å². The SMILES string of the molecule is COC(=O)c1cccc(N2C(=O)c3c(Cl)c(Cl)c(Cl)c(Cl)c3C2=O)c1. The van der Waals surface area contributed by atoms with E-state index < -0.39 is 17.8 Å². The van der Waals surface area contributed by atoms with Gasteiger partial charge in [0.15, 0.2) is 0 Å². The van der Waals surface area contributed by atoms with Crippen molar-refractivity contribution < 1.29 is 19.1 Å². The summed E-state index contributed by atoms with van der Waals surface area (Å²) in [6.07, 6.45) is 0. The molecule has 0 bridgehead atoms. The van der Waals surface area contributed by atoms with Crippen LogP contribution in [-0.4, -0.2) is 24.9 Å². The lowest BCUT2D eigenvalue weighted by atomic mass is 10.1. The molecule has 1 aliphatic heterocycles. The van der Waals surface area contributed by atoms with Crippen LogP contribution in [0.2, 0.25) is 20.1 Å². The van der Waals surface area contributed by atoms with Crippen molar-refractivity contribution in [2.45, 2.75) is 0 Å². The van der Waals surface area contributed by atoms with E-state index >= 15 is 0 Å². The summed E-state index contributed by atoms with van der Waals surface area (Å²) < 4.78 is 4.63. The van der Waals surface area contributed by atoms with Gasteiger partial charge >= 0.3 is 5.97 Å². The van der Waals surface area contributed by atoms with Crippen LogP contribution in [0.15, 0.2) is 24.3 Å². The Kier molecular flexibility index (Phi) is 4.68. The smallest absolute Gasteiger partial charge is 0.337 e. The molecule has 0 saturated carbocycles. The number of imide groups is 1. The number of rotatable bonds is 2. The van der Waals surface area contributed by atoms with Gasteiger partial charge in [0.2, 0.25) is 0 Å². The minimum Gasteiger partial charge on any atom is -0.465 e. The molecule has 0 fully saturated rings.